The molecule has 0 unspecified atom stereocenters. The lowest BCUT2D eigenvalue weighted by Crippen LogP contribution is -2.12. The lowest BCUT2D eigenvalue weighted by Gasteiger charge is -2.00. The summed E-state index contributed by atoms with van der Waals surface area (Å²) in [5.74, 6) is -1.07. The Kier molecular flexibility index (Phi) is 5.28. The second-order valence-corrected chi connectivity index (χ2v) is 3.39. The van der Waals surface area contributed by atoms with Crippen LogP contribution < -0.4 is 5.73 Å². The lowest BCUT2D eigenvalue weighted by molar-refractivity contribution is -0.727. The number of H-pyrrole nitrogens is 1. The normalized spacial score (nSPS) is 8.75. The van der Waals surface area contributed by atoms with E-state index >= 15 is 0 Å². The molecule has 0 aliphatic heterocycles. The fourth-order valence-electron chi connectivity index (χ4n) is 1.20. The van der Waals surface area contributed by atoms with E-state index in [1.54, 1.807) is 24.4 Å². The highest BCUT2D eigenvalue weighted by molar-refractivity contribution is 5.94. The van der Waals surface area contributed by atoms with Crippen molar-refractivity contribution in [2.45, 2.75) is 0 Å². The summed E-state index contributed by atoms with van der Waals surface area (Å²) in [6.07, 6.45) is 1.72. The summed E-state index contributed by atoms with van der Waals surface area (Å²) in [7, 11) is 0. The smallest absolute Gasteiger partial charge is 0.336 e. The van der Waals surface area contributed by atoms with Crippen LogP contribution in [-0.2, 0) is 4.84 Å². The average molecular weight is 274 g/mol. The molecular formula is C12H10N4O4. The van der Waals surface area contributed by atoms with Crippen LogP contribution in [-0.4, -0.2) is 16.0 Å². The van der Waals surface area contributed by atoms with Crippen molar-refractivity contribution < 1.29 is 14.7 Å². The van der Waals surface area contributed by atoms with Crippen LogP contribution in [0.15, 0.2) is 42.6 Å². The highest BCUT2D eigenvalue weighted by atomic mass is 17.0. The van der Waals surface area contributed by atoms with Crippen LogP contribution >= 0.6 is 0 Å². The highest BCUT2D eigenvalue weighted by Gasteiger charge is 2.12. The molecule has 8 nitrogen and oxygen atoms in total. The van der Waals surface area contributed by atoms with Gasteiger partial charge in [-0.25, -0.2) is 4.84 Å². The van der Waals surface area contributed by atoms with Gasteiger partial charge in [0.15, 0.2) is 0 Å². The number of nitriles is 1. The van der Waals surface area contributed by atoms with Gasteiger partial charge in [0.25, 0.3) is 0 Å². The Bertz CT molecular complexity index is 631. The standard InChI is InChI=1S/C7H6N2O4.C5H4N2/c8-6-4-2-1-3-5(6)7(10)13-9(11)12;6-4-5-2-1-3-7-5/h1-4H,8H2;1-3,7H. The number of hydrogen-bond acceptors (Lipinski definition) is 6. The van der Waals surface area contributed by atoms with E-state index in [9.17, 15) is 14.9 Å². The van der Waals surface area contributed by atoms with E-state index in [0.29, 0.717) is 5.69 Å². The molecule has 3 N–H and O–H groups in total. The Morgan fingerprint density at radius 2 is 2.05 bits per heavy atom. The Morgan fingerprint density at radius 1 is 1.35 bits per heavy atom. The topological polar surface area (TPSA) is 135 Å². The summed E-state index contributed by atoms with van der Waals surface area (Å²) < 4.78 is 0. The molecule has 102 valence electrons. The molecule has 1 aromatic carbocycles. The van der Waals surface area contributed by atoms with Crippen molar-refractivity contribution >= 4 is 11.7 Å². The molecule has 0 amide bonds. The highest BCUT2D eigenvalue weighted by Crippen LogP contribution is 2.11. The van der Waals surface area contributed by atoms with Crippen LogP contribution in [0.1, 0.15) is 16.1 Å². The molecule has 0 aliphatic carbocycles. The number of nitrogens with two attached hydrogens (primary N) is 1. The predicted molar refractivity (Wildman–Crippen MR) is 68.8 cm³/mol. The third-order valence-corrected chi connectivity index (χ3v) is 2.06. The molecule has 20 heavy (non-hydrogen) atoms. The molecule has 0 atom stereocenters. The Labute approximate surface area is 113 Å². The summed E-state index contributed by atoms with van der Waals surface area (Å²) in [5, 5.41) is 16.8. The number of carbonyl (C=O) groups excluding carboxylic acids is 1. The second kappa shape index (κ2) is 7.17. The number of nitrogens with zero attached hydrogens (tertiary/aromatic N) is 2. The third kappa shape index (κ3) is 4.50. The molecule has 0 bridgehead atoms. The average Bonchev–Trinajstić information content (AvgIpc) is 2.92. The number of anilines is 1. The van der Waals surface area contributed by atoms with Crippen molar-refractivity contribution in [1.82, 2.24) is 4.98 Å². The first-order valence-corrected chi connectivity index (χ1v) is 5.29. The predicted octanol–water partition coefficient (Wildman–Crippen LogP) is 1.50. The number of nitrogen functional groups attached to an aromatic ring is 1. The Balaban J connectivity index is 0.000000240. The molecule has 1 heterocycles. The summed E-state index contributed by atoms with van der Waals surface area (Å²) in [5.41, 5.74) is 6.12. The van der Waals surface area contributed by atoms with E-state index in [4.69, 9.17) is 11.0 Å². The van der Waals surface area contributed by atoms with E-state index in [1.807, 2.05) is 6.07 Å². The molecule has 1 aromatic heterocycles. The van der Waals surface area contributed by atoms with E-state index in [2.05, 4.69) is 9.82 Å². The molecule has 8 heteroatoms. The largest absolute Gasteiger partial charge is 0.398 e. The number of carbonyl (C=O) groups is 1. The van der Waals surface area contributed by atoms with Gasteiger partial charge in [-0.15, -0.1) is 10.1 Å². The van der Waals surface area contributed by atoms with E-state index in [1.165, 1.54) is 18.2 Å². The van der Waals surface area contributed by atoms with Crippen molar-refractivity contribution in [3.05, 3.63) is 64.0 Å². The molecule has 2 rings (SSSR count). The number of benzene rings is 1. The first-order valence-electron chi connectivity index (χ1n) is 5.29. The summed E-state index contributed by atoms with van der Waals surface area (Å²) in [4.78, 5) is 27.2. The maximum absolute atomic E-state index is 10.9. The van der Waals surface area contributed by atoms with Crippen LogP contribution in [0.5, 0.6) is 0 Å². The zero-order valence-electron chi connectivity index (χ0n) is 10.1. The Hall–Kier alpha value is -3.34. The minimum atomic E-state index is -1.17. The van der Waals surface area contributed by atoms with Crippen molar-refractivity contribution in [2.75, 3.05) is 5.73 Å². The fraction of sp³-hybridized carbons (Fsp3) is 0. The van der Waals surface area contributed by atoms with Gasteiger partial charge in [-0.3, -0.25) is 4.79 Å². The van der Waals surface area contributed by atoms with Gasteiger partial charge in [0.05, 0.1) is 5.56 Å². The fourth-order valence-corrected chi connectivity index (χ4v) is 1.20. The van der Waals surface area contributed by atoms with Gasteiger partial charge >= 0.3 is 11.1 Å². The van der Waals surface area contributed by atoms with E-state index in [-0.39, 0.29) is 11.3 Å². The quantitative estimate of drug-likeness (QED) is 0.484. The number of para-hydroxylation sites is 1. The van der Waals surface area contributed by atoms with Crippen LogP contribution in [0.4, 0.5) is 5.69 Å². The minimum absolute atomic E-state index is 0.0146. The first kappa shape index (κ1) is 14.7. The van der Waals surface area contributed by atoms with Crippen LogP contribution in [0, 0.1) is 21.4 Å². The van der Waals surface area contributed by atoms with Crippen molar-refractivity contribution in [1.29, 1.82) is 5.26 Å². The maximum Gasteiger partial charge on any atom is 0.336 e. The van der Waals surface area contributed by atoms with Gasteiger partial charge in [-0.1, -0.05) is 12.1 Å². The molecule has 2 aromatic rings. The molecule has 0 saturated heterocycles. The van der Waals surface area contributed by atoms with E-state index in [0.717, 1.165) is 0 Å². The number of hydrogen-bond donors (Lipinski definition) is 2. The molecular weight excluding hydrogens is 264 g/mol. The van der Waals surface area contributed by atoms with Gasteiger partial charge in [0, 0.05) is 11.9 Å². The molecule has 0 fully saturated rings. The van der Waals surface area contributed by atoms with Gasteiger partial charge in [-0.2, -0.15) is 5.26 Å². The minimum Gasteiger partial charge on any atom is -0.398 e. The van der Waals surface area contributed by atoms with Gasteiger partial charge in [0.1, 0.15) is 11.8 Å². The summed E-state index contributed by atoms with van der Waals surface area (Å²) in [6, 6.07) is 11.4. The molecule has 0 spiro atoms. The summed E-state index contributed by atoms with van der Waals surface area (Å²) in [6.45, 7) is 0. The second-order valence-electron chi connectivity index (χ2n) is 3.39. The third-order valence-electron chi connectivity index (χ3n) is 2.06. The zero-order chi connectivity index (χ0) is 15.0. The number of nitrogens with one attached hydrogen (secondary N) is 1. The lowest BCUT2D eigenvalue weighted by atomic mass is 10.2. The van der Waals surface area contributed by atoms with Crippen molar-refractivity contribution in [3.8, 4) is 6.07 Å². The molecule has 0 aliphatic rings. The SMILES string of the molecule is N#Cc1ccc[nH]1.Nc1ccccc1C(=O)O[N+](=O)[O-]. The van der Waals surface area contributed by atoms with Gasteiger partial charge in [-0.05, 0) is 24.3 Å². The monoisotopic (exact) mass is 274 g/mol. The summed E-state index contributed by atoms with van der Waals surface area (Å²) >= 11 is 0. The first-order chi connectivity index (χ1) is 9.54. The maximum atomic E-state index is 10.9. The van der Waals surface area contributed by atoms with Crippen LogP contribution in [0.25, 0.3) is 0 Å². The Morgan fingerprint density at radius 3 is 2.50 bits per heavy atom. The number of aromatic amines is 1. The van der Waals surface area contributed by atoms with E-state index < -0.39 is 11.1 Å². The van der Waals surface area contributed by atoms with Crippen molar-refractivity contribution in [3.63, 3.8) is 0 Å². The zero-order valence-corrected chi connectivity index (χ0v) is 10.1. The van der Waals surface area contributed by atoms with Gasteiger partial charge in [0.2, 0.25) is 0 Å². The van der Waals surface area contributed by atoms with Crippen molar-refractivity contribution in [2.24, 2.45) is 0 Å². The van der Waals surface area contributed by atoms with Crippen LogP contribution in [0.2, 0.25) is 0 Å². The molecule has 0 saturated carbocycles. The van der Waals surface area contributed by atoms with Crippen LogP contribution in [0.3, 0.4) is 0 Å². The van der Waals surface area contributed by atoms with Gasteiger partial charge < -0.3 is 10.7 Å². The number of aromatic nitrogens is 1. The number of rotatable bonds is 2. The molecule has 0 radical (unpaired) electrons.